The number of amides is 1. The number of fused-ring (bicyclic) bond motifs is 1. The first-order valence-corrected chi connectivity index (χ1v) is 10.1. The summed E-state index contributed by atoms with van der Waals surface area (Å²) >= 11 is 0. The van der Waals surface area contributed by atoms with Gasteiger partial charge in [-0.2, -0.15) is 0 Å². The molecule has 0 spiro atoms. The van der Waals surface area contributed by atoms with E-state index in [-0.39, 0.29) is 31.1 Å². The minimum atomic E-state index is -0.0298. The number of hydrogen-bond acceptors (Lipinski definition) is 6. The highest BCUT2D eigenvalue weighted by molar-refractivity contribution is 5.93. The molecule has 0 saturated carbocycles. The van der Waals surface area contributed by atoms with Gasteiger partial charge in [-0.25, -0.2) is 4.68 Å². The van der Waals surface area contributed by atoms with Crippen LogP contribution in [-0.4, -0.2) is 52.2 Å². The molecule has 3 aliphatic rings. The van der Waals surface area contributed by atoms with Crippen molar-refractivity contribution in [2.45, 2.75) is 44.7 Å². The SMILES string of the molecule is Cc1c(C(=O)N2CCCC2c2ccc3c(c2)OCO3)nnn1C1CCNCC1.Cl. The van der Waals surface area contributed by atoms with Gasteiger partial charge in [0.05, 0.1) is 17.8 Å². The van der Waals surface area contributed by atoms with Gasteiger partial charge in [-0.15, -0.1) is 17.5 Å². The number of carbonyl (C=O) groups is 1. The Balaban J connectivity index is 0.00000205. The normalized spacial score (nSPS) is 21.3. The van der Waals surface area contributed by atoms with Crippen LogP contribution in [-0.2, 0) is 0 Å². The van der Waals surface area contributed by atoms with Crippen molar-refractivity contribution in [1.82, 2.24) is 25.2 Å². The van der Waals surface area contributed by atoms with Crippen LogP contribution in [0.2, 0.25) is 0 Å². The van der Waals surface area contributed by atoms with Crippen LogP contribution >= 0.6 is 12.4 Å². The molecule has 29 heavy (non-hydrogen) atoms. The smallest absolute Gasteiger partial charge is 0.276 e. The molecule has 1 aromatic carbocycles. The van der Waals surface area contributed by atoms with E-state index in [2.05, 4.69) is 15.6 Å². The first-order chi connectivity index (χ1) is 13.7. The molecule has 1 unspecified atom stereocenters. The molecule has 9 heteroatoms. The largest absolute Gasteiger partial charge is 0.454 e. The zero-order valence-corrected chi connectivity index (χ0v) is 17.3. The lowest BCUT2D eigenvalue weighted by molar-refractivity contribution is 0.0728. The first kappa shape index (κ1) is 20.0. The molecule has 2 aromatic rings. The van der Waals surface area contributed by atoms with Crippen LogP contribution in [0.15, 0.2) is 18.2 Å². The number of rotatable bonds is 3. The Labute approximate surface area is 175 Å². The molecule has 0 bridgehead atoms. The standard InChI is InChI=1S/C20H25N5O3.ClH/c1-13-19(22-23-25(13)15-6-8-21-9-7-15)20(26)24-10-2-3-16(24)14-4-5-17-18(11-14)28-12-27-17;/h4-5,11,15-16,21H,2-3,6-10,12H2,1H3;1H. The molecule has 0 radical (unpaired) electrons. The number of likely N-dealkylation sites (tertiary alicyclic amines) is 1. The monoisotopic (exact) mass is 419 g/mol. The minimum Gasteiger partial charge on any atom is -0.454 e. The summed E-state index contributed by atoms with van der Waals surface area (Å²) in [7, 11) is 0. The van der Waals surface area contributed by atoms with E-state index in [4.69, 9.17) is 9.47 Å². The van der Waals surface area contributed by atoms with Crippen LogP contribution in [0.25, 0.3) is 0 Å². The quantitative estimate of drug-likeness (QED) is 0.823. The van der Waals surface area contributed by atoms with Crippen LogP contribution in [0.1, 0.15) is 59.5 Å². The molecular weight excluding hydrogens is 394 g/mol. The lowest BCUT2D eigenvalue weighted by atomic mass is 10.0. The topological polar surface area (TPSA) is 81.5 Å². The van der Waals surface area contributed by atoms with Crippen LogP contribution in [0.5, 0.6) is 11.5 Å². The number of nitrogens with one attached hydrogen (secondary N) is 1. The Hall–Kier alpha value is -2.32. The van der Waals surface area contributed by atoms with Crippen LogP contribution in [0.4, 0.5) is 0 Å². The van der Waals surface area contributed by atoms with Gasteiger partial charge < -0.3 is 19.7 Å². The Morgan fingerprint density at radius 2 is 1.97 bits per heavy atom. The predicted octanol–water partition coefficient (Wildman–Crippen LogP) is 2.64. The molecular formula is C20H26ClN5O3. The number of hydrogen-bond donors (Lipinski definition) is 1. The Morgan fingerprint density at radius 1 is 1.17 bits per heavy atom. The molecule has 156 valence electrons. The molecule has 4 heterocycles. The number of halogens is 1. The second-order valence-corrected chi connectivity index (χ2v) is 7.72. The van der Waals surface area contributed by atoms with E-state index in [1.165, 1.54) is 0 Å². The van der Waals surface area contributed by atoms with Gasteiger partial charge in [-0.1, -0.05) is 11.3 Å². The van der Waals surface area contributed by atoms with E-state index < -0.39 is 0 Å². The maximum absolute atomic E-state index is 13.3. The van der Waals surface area contributed by atoms with Crippen molar-refractivity contribution in [3.63, 3.8) is 0 Å². The molecule has 3 aliphatic heterocycles. The Bertz CT molecular complexity index is 896. The van der Waals surface area contributed by atoms with E-state index in [0.29, 0.717) is 11.7 Å². The maximum atomic E-state index is 13.3. The van der Waals surface area contributed by atoms with Crippen molar-refractivity contribution < 1.29 is 14.3 Å². The molecule has 8 nitrogen and oxygen atoms in total. The van der Waals surface area contributed by atoms with E-state index in [9.17, 15) is 4.79 Å². The second kappa shape index (κ2) is 8.20. The fourth-order valence-corrected chi connectivity index (χ4v) is 4.55. The molecule has 1 atom stereocenters. The number of nitrogens with zero attached hydrogens (tertiary/aromatic N) is 4. The summed E-state index contributed by atoms with van der Waals surface area (Å²) in [6.45, 7) is 4.90. The first-order valence-electron chi connectivity index (χ1n) is 10.1. The molecule has 1 N–H and O–H groups in total. The zero-order chi connectivity index (χ0) is 19.1. The van der Waals surface area contributed by atoms with Crippen molar-refractivity contribution in [1.29, 1.82) is 0 Å². The molecule has 5 rings (SSSR count). The molecule has 2 saturated heterocycles. The van der Waals surface area contributed by atoms with Crippen molar-refractivity contribution in [3.8, 4) is 11.5 Å². The Morgan fingerprint density at radius 3 is 2.79 bits per heavy atom. The van der Waals surface area contributed by atoms with Crippen LogP contribution in [0, 0.1) is 6.92 Å². The second-order valence-electron chi connectivity index (χ2n) is 7.72. The van der Waals surface area contributed by atoms with Crippen LogP contribution < -0.4 is 14.8 Å². The third-order valence-corrected chi connectivity index (χ3v) is 6.08. The fraction of sp³-hybridized carbons (Fsp3) is 0.550. The molecule has 1 aromatic heterocycles. The van der Waals surface area contributed by atoms with Gasteiger partial charge in [0, 0.05) is 6.54 Å². The van der Waals surface area contributed by atoms with Crippen molar-refractivity contribution in [3.05, 3.63) is 35.2 Å². The van der Waals surface area contributed by atoms with Gasteiger partial charge in [-0.05, 0) is 63.4 Å². The average Bonchev–Trinajstić information content (AvgIpc) is 3.46. The predicted molar refractivity (Wildman–Crippen MR) is 109 cm³/mol. The lowest BCUT2D eigenvalue weighted by Gasteiger charge is -2.25. The molecule has 1 amide bonds. The third-order valence-electron chi connectivity index (χ3n) is 6.08. The third kappa shape index (κ3) is 3.55. The van der Waals surface area contributed by atoms with Gasteiger partial charge in [0.2, 0.25) is 6.79 Å². The van der Waals surface area contributed by atoms with Crippen molar-refractivity contribution in [2.24, 2.45) is 0 Å². The number of aromatic nitrogens is 3. The summed E-state index contributed by atoms with van der Waals surface area (Å²) in [6, 6.07) is 6.31. The molecule has 2 fully saturated rings. The maximum Gasteiger partial charge on any atom is 0.276 e. The highest BCUT2D eigenvalue weighted by Crippen LogP contribution is 2.39. The van der Waals surface area contributed by atoms with Gasteiger partial charge in [0.25, 0.3) is 5.91 Å². The van der Waals surface area contributed by atoms with Crippen LogP contribution in [0.3, 0.4) is 0 Å². The summed E-state index contributed by atoms with van der Waals surface area (Å²) in [5, 5.41) is 12.0. The Kier molecular flexibility index (Phi) is 5.65. The zero-order valence-electron chi connectivity index (χ0n) is 16.5. The van der Waals surface area contributed by atoms with E-state index >= 15 is 0 Å². The van der Waals surface area contributed by atoms with Gasteiger partial charge in [-0.3, -0.25) is 4.79 Å². The van der Waals surface area contributed by atoms with E-state index in [1.54, 1.807) is 0 Å². The summed E-state index contributed by atoms with van der Waals surface area (Å²) in [6.07, 6.45) is 3.95. The van der Waals surface area contributed by atoms with E-state index in [0.717, 1.165) is 68.1 Å². The van der Waals surface area contributed by atoms with Gasteiger partial charge in [0.15, 0.2) is 17.2 Å². The number of ether oxygens (including phenoxy) is 2. The van der Waals surface area contributed by atoms with Gasteiger partial charge in [0.1, 0.15) is 0 Å². The minimum absolute atomic E-state index is 0. The lowest BCUT2D eigenvalue weighted by Crippen LogP contribution is -2.32. The number of benzene rings is 1. The number of piperidine rings is 1. The van der Waals surface area contributed by atoms with E-state index in [1.807, 2.05) is 34.7 Å². The van der Waals surface area contributed by atoms with Gasteiger partial charge >= 0.3 is 0 Å². The highest BCUT2D eigenvalue weighted by Gasteiger charge is 2.34. The highest BCUT2D eigenvalue weighted by atomic mass is 35.5. The average molecular weight is 420 g/mol. The number of carbonyl (C=O) groups excluding carboxylic acids is 1. The van der Waals surface area contributed by atoms with Crippen molar-refractivity contribution >= 4 is 18.3 Å². The summed E-state index contributed by atoms with van der Waals surface area (Å²) in [5.41, 5.74) is 2.43. The fourth-order valence-electron chi connectivity index (χ4n) is 4.55. The summed E-state index contributed by atoms with van der Waals surface area (Å²) < 4.78 is 12.9. The summed E-state index contributed by atoms with van der Waals surface area (Å²) in [4.78, 5) is 15.3. The summed E-state index contributed by atoms with van der Waals surface area (Å²) in [5.74, 6) is 1.49. The van der Waals surface area contributed by atoms with Crippen molar-refractivity contribution in [2.75, 3.05) is 26.4 Å². The molecule has 0 aliphatic carbocycles.